The summed E-state index contributed by atoms with van der Waals surface area (Å²) in [4.78, 5) is 13.0. The topological polar surface area (TPSA) is 78.8 Å². The van der Waals surface area contributed by atoms with Crippen molar-refractivity contribution in [1.29, 1.82) is 0 Å². The van der Waals surface area contributed by atoms with Crippen molar-refractivity contribution >= 4 is 61.9 Å². The third-order valence-corrected chi connectivity index (χ3v) is 5.96. The lowest BCUT2D eigenvalue weighted by Gasteiger charge is -2.21. The zero-order valence-electron chi connectivity index (χ0n) is 13.4. The molecule has 1 aromatic heterocycles. The minimum Gasteiger partial charge on any atom is -0.271 e. The van der Waals surface area contributed by atoms with Crippen LogP contribution in [0.3, 0.4) is 0 Å². The molecule has 25 heavy (non-hydrogen) atoms. The van der Waals surface area contributed by atoms with Gasteiger partial charge in [-0.25, -0.2) is 13.8 Å². The molecule has 0 saturated carbocycles. The monoisotopic (exact) mass is 419 g/mol. The van der Waals surface area contributed by atoms with Gasteiger partial charge in [0.25, 0.3) is 5.91 Å². The van der Waals surface area contributed by atoms with E-state index >= 15 is 0 Å². The van der Waals surface area contributed by atoms with Crippen LogP contribution in [-0.2, 0) is 14.8 Å². The van der Waals surface area contributed by atoms with Gasteiger partial charge in [0.1, 0.15) is 6.54 Å². The van der Waals surface area contributed by atoms with Crippen LogP contribution in [0.4, 0.5) is 5.69 Å². The van der Waals surface area contributed by atoms with Gasteiger partial charge in [0.15, 0.2) is 0 Å². The number of thiophene rings is 1. The van der Waals surface area contributed by atoms with E-state index in [0.717, 1.165) is 15.4 Å². The molecule has 0 saturated heterocycles. The van der Waals surface area contributed by atoms with Gasteiger partial charge in [0.05, 0.1) is 27.7 Å². The van der Waals surface area contributed by atoms with Crippen LogP contribution < -0.4 is 9.73 Å². The lowest BCUT2D eigenvalue weighted by Crippen LogP contribution is -2.39. The molecule has 0 bridgehead atoms. The highest BCUT2D eigenvalue weighted by molar-refractivity contribution is 7.92. The summed E-state index contributed by atoms with van der Waals surface area (Å²) >= 11 is 13.3. The van der Waals surface area contributed by atoms with Gasteiger partial charge in [0.2, 0.25) is 10.0 Å². The van der Waals surface area contributed by atoms with Gasteiger partial charge in [0, 0.05) is 4.88 Å². The predicted octanol–water partition coefficient (Wildman–Crippen LogP) is 3.36. The Morgan fingerprint density at radius 1 is 1.28 bits per heavy atom. The molecule has 2 aromatic rings. The lowest BCUT2D eigenvalue weighted by molar-refractivity contribution is -0.119. The Morgan fingerprint density at radius 2 is 2.00 bits per heavy atom. The zero-order valence-corrected chi connectivity index (χ0v) is 16.5. The highest BCUT2D eigenvalue weighted by Crippen LogP contribution is 2.28. The van der Waals surface area contributed by atoms with Crippen molar-refractivity contribution in [2.45, 2.75) is 6.92 Å². The molecule has 0 aliphatic heterocycles. The summed E-state index contributed by atoms with van der Waals surface area (Å²) in [7, 11) is -3.70. The summed E-state index contributed by atoms with van der Waals surface area (Å²) in [6.07, 6.45) is 1.00. The molecule has 6 nitrogen and oxygen atoms in total. The minimum atomic E-state index is -3.70. The normalized spacial score (nSPS) is 12.1. The maximum absolute atomic E-state index is 12.1. The SMILES string of the molecule is C/C(=N/NC(=O)CN(c1ccc(Cl)c(Cl)c1)S(C)(=O)=O)c1cccs1. The van der Waals surface area contributed by atoms with Gasteiger partial charge in [-0.15, -0.1) is 11.3 Å². The fourth-order valence-electron chi connectivity index (χ4n) is 1.89. The van der Waals surface area contributed by atoms with Crippen LogP contribution in [0.25, 0.3) is 0 Å². The van der Waals surface area contributed by atoms with Crippen molar-refractivity contribution in [2.24, 2.45) is 5.10 Å². The first kappa shape index (κ1) is 19.7. The van der Waals surface area contributed by atoms with Crippen LogP contribution in [0.2, 0.25) is 10.0 Å². The molecule has 1 aromatic carbocycles. The van der Waals surface area contributed by atoms with Crippen molar-refractivity contribution in [1.82, 2.24) is 5.43 Å². The average molecular weight is 420 g/mol. The number of halogens is 2. The first-order valence-corrected chi connectivity index (χ1v) is 10.5. The van der Waals surface area contributed by atoms with Gasteiger partial charge >= 0.3 is 0 Å². The number of sulfonamides is 1. The summed E-state index contributed by atoms with van der Waals surface area (Å²) in [5.74, 6) is -0.576. The Kier molecular flexibility index (Phi) is 6.45. The van der Waals surface area contributed by atoms with E-state index in [1.165, 1.54) is 29.5 Å². The largest absolute Gasteiger partial charge is 0.271 e. The molecule has 10 heteroatoms. The number of carbonyl (C=O) groups is 1. The van der Waals surface area contributed by atoms with E-state index in [1.54, 1.807) is 6.92 Å². The predicted molar refractivity (Wildman–Crippen MR) is 103 cm³/mol. The Balaban J connectivity index is 2.16. The molecule has 0 radical (unpaired) electrons. The molecule has 0 unspecified atom stereocenters. The van der Waals surface area contributed by atoms with E-state index < -0.39 is 22.5 Å². The van der Waals surface area contributed by atoms with Crippen LogP contribution in [-0.4, -0.2) is 32.8 Å². The molecule has 0 spiro atoms. The summed E-state index contributed by atoms with van der Waals surface area (Å²) in [6, 6.07) is 8.07. The van der Waals surface area contributed by atoms with Crippen molar-refractivity contribution in [3.63, 3.8) is 0 Å². The van der Waals surface area contributed by atoms with E-state index in [0.29, 0.717) is 10.7 Å². The summed E-state index contributed by atoms with van der Waals surface area (Å²) in [5.41, 5.74) is 3.23. The molecule has 1 N–H and O–H groups in total. The van der Waals surface area contributed by atoms with Crippen LogP contribution >= 0.6 is 34.5 Å². The molecule has 0 aliphatic carbocycles. The molecular formula is C15H15Cl2N3O3S2. The number of hydrazone groups is 1. The molecule has 1 amide bonds. The maximum atomic E-state index is 12.1. The van der Waals surface area contributed by atoms with E-state index in [2.05, 4.69) is 10.5 Å². The van der Waals surface area contributed by atoms with Crippen molar-refractivity contribution < 1.29 is 13.2 Å². The molecule has 1 heterocycles. The van der Waals surface area contributed by atoms with Gasteiger partial charge < -0.3 is 0 Å². The molecule has 2 rings (SSSR count). The minimum absolute atomic E-state index is 0.194. The highest BCUT2D eigenvalue weighted by Gasteiger charge is 2.21. The zero-order chi connectivity index (χ0) is 18.6. The average Bonchev–Trinajstić information content (AvgIpc) is 3.06. The second-order valence-corrected chi connectivity index (χ2v) is 8.75. The molecule has 0 atom stereocenters. The lowest BCUT2D eigenvalue weighted by atomic mass is 10.3. The van der Waals surface area contributed by atoms with Gasteiger partial charge in [-0.2, -0.15) is 5.10 Å². The first-order chi connectivity index (χ1) is 11.7. The Morgan fingerprint density at radius 3 is 2.56 bits per heavy atom. The third kappa shape index (κ3) is 5.43. The second kappa shape index (κ2) is 8.18. The van der Waals surface area contributed by atoms with Crippen LogP contribution in [0.5, 0.6) is 0 Å². The Bertz CT molecular complexity index is 897. The first-order valence-electron chi connectivity index (χ1n) is 6.98. The number of carbonyl (C=O) groups excluding carboxylic acids is 1. The quantitative estimate of drug-likeness (QED) is 0.575. The molecule has 0 aliphatic rings. The second-order valence-electron chi connectivity index (χ2n) is 5.08. The van der Waals surface area contributed by atoms with Crippen molar-refractivity contribution in [3.05, 3.63) is 50.6 Å². The fourth-order valence-corrected chi connectivity index (χ4v) is 3.71. The molecule has 0 fully saturated rings. The number of benzene rings is 1. The van der Waals surface area contributed by atoms with E-state index in [1.807, 2.05) is 17.5 Å². The number of anilines is 1. The highest BCUT2D eigenvalue weighted by atomic mass is 35.5. The molecule has 134 valence electrons. The number of nitrogens with one attached hydrogen (secondary N) is 1. The Labute approximate surface area is 160 Å². The Hall–Kier alpha value is -1.61. The number of nitrogens with zero attached hydrogens (tertiary/aromatic N) is 2. The third-order valence-electron chi connectivity index (χ3n) is 3.10. The van der Waals surface area contributed by atoms with Crippen LogP contribution in [0, 0.1) is 0 Å². The van der Waals surface area contributed by atoms with Crippen LogP contribution in [0.15, 0.2) is 40.8 Å². The van der Waals surface area contributed by atoms with Gasteiger partial charge in [-0.05, 0) is 36.6 Å². The van der Waals surface area contributed by atoms with E-state index in [-0.39, 0.29) is 10.7 Å². The number of rotatable bonds is 6. The maximum Gasteiger partial charge on any atom is 0.260 e. The molecular weight excluding hydrogens is 405 g/mol. The van der Waals surface area contributed by atoms with E-state index in [9.17, 15) is 13.2 Å². The number of hydrogen-bond donors (Lipinski definition) is 1. The summed E-state index contributed by atoms with van der Waals surface area (Å²) < 4.78 is 25.0. The van der Waals surface area contributed by atoms with Crippen molar-refractivity contribution in [2.75, 3.05) is 17.1 Å². The smallest absolute Gasteiger partial charge is 0.260 e. The number of hydrogen-bond acceptors (Lipinski definition) is 5. The summed E-state index contributed by atoms with van der Waals surface area (Å²) in [6.45, 7) is 1.32. The standard InChI is InChI=1S/C15H15Cl2N3O3S2/c1-10(14-4-3-7-24-14)18-19-15(21)9-20(25(2,22)23)11-5-6-12(16)13(17)8-11/h3-8H,9H2,1-2H3,(H,19,21)/b18-10-. The number of amides is 1. The summed E-state index contributed by atoms with van der Waals surface area (Å²) in [5, 5.41) is 6.37. The fraction of sp³-hybridized carbons (Fsp3) is 0.200. The van der Waals surface area contributed by atoms with Gasteiger partial charge in [-0.3, -0.25) is 9.10 Å². The van der Waals surface area contributed by atoms with Crippen molar-refractivity contribution in [3.8, 4) is 0 Å². The van der Waals surface area contributed by atoms with Gasteiger partial charge in [-0.1, -0.05) is 29.3 Å². The van der Waals surface area contributed by atoms with Crippen LogP contribution in [0.1, 0.15) is 11.8 Å². The van der Waals surface area contributed by atoms with E-state index in [4.69, 9.17) is 23.2 Å².